The zero-order valence-corrected chi connectivity index (χ0v) is 8.32. The molecule has 1 rings (SSSR count). The van der Waals surface area contributed by atoms with Crippen LogP contribution in [0.15, 0.2) is 24.3 Å². The van der Waals surface area contributed by atoms with Crippen molar-refractivity contribution in [1.29, 1.82) is 5.26 Å². The predicted octanol–water partition coefficient (Wildman–Crippen LogP) is 1.65. The number of carbonyl (C=O) groups is 1. The number of amides is 1. The normalized spacial score (nSPS) is 9.21. The largest absolute Gasteiger partial charge is 0.342 e. The third-order valence-corrected chi connectivity index (χ3v) is 2.08. The zero-order chi connectivity index (χ0) is 10.6. The van der Waals surface area contributed by atoms with Gasteiger partial charge in [-0.1, -0.05) is 0 Å². The lowest BCUT2D eigenvalue weighted by Crippen LogP contribution is -2.26. The molecule has 3 nitrogen and oxygen atoms in total. The van der Waals surface area contributed by atoms with Crippen LogP contribution >= 0.6 is 0 Å². The second-order valence-electron chi connectivity index (χ2n) is 3.01. The summed E-state index contributed by atoms with van der Waals surface area (Å²) >= 11 is 0. The first-order valence-electron chi connectivity index (χ1n) is 4.44. The van der Waals surface area contributed by atoms with Gasteiger partial charge in [0.25, 0.3) is 5.91 Å². The topological polar surface area (TPSA) is 44.1 Å². The second kappa shape index (κ2) is 4.43. The highest BCUT2D eigenvalue weighted by atomic mass is 16.2. The zero-order valence-electron chi connectivity index (χ0n) is 8.32. The maximum absolute atomic E-state index is 11.6. The molecule has 0 aliphatic rings. The predicted molar refractivity (Wildman–Crippen MR) is 53.8 cm³/mol. The number of hydrogen-bond acceptors (Lipinski definition) is 2. The summed E-state index contributed by atoms with van der Waals surface area (Å²) in [6, 6.07) is 8.66. The van der Waals surface area contributed by atoms with Crippen molar-refractivity contribution in [2.24, 2.45) is 0 Å². The van der Waals surface area contributed by atoms with Gasteiger partial charge in [0.2, 0.25) is 0 Å². The van der Waals surface area contributed by atoms with Crippen molar-refractivity contribution in [3.63, 3.8) is 0 Å². The summed E-state index contributed by atoms with van der Waals surface area (Å²) in [5, 5.41) is 8.58. The van der Waals surface area contributed by atoms with Gasteiger partial charge in [-0.25, -0.2) is 0 Å². The van der Waals surface area contributed by atoms with E-state index in [1.54, 1.807) is 36.2 Å². The third-order valence-electron chi connectivity index (χ3n) is 2.08. The van der Waals surface area contributed by atoms with Crippen molar-refractivity contribution in [2.45, 2.75) is 6.92 Å². The van der Waals surface area contributed by atoms with E-state index in [0.717, 1.165) is 0 Å². The Morgan fingerprint density at radius 3 is 2.43 bits per heavy atom. The van der Waals surface area contributed by atoms with Crippen LogP contribution in [-0.4, -0.2) is 24.4 Å². The Balaban J connectivity index is 2.88. The first-order chi connectivity index (χ1) is 6.69. The van der Waals surface area contributed by atoms with Crippen LogP contribution in [0.5, 0.6) is 0 Å². The second-order valence-corrected chi connectivity index (χ2v) is 3.01. The fraction of sp³-hybridized carbons (Fsp3) is 0.273. The fourth-order valence-corrected chi connectivity index (χ4v) is 1.05. The lowest BCUT2D eigenvalue weighted by molar-refractivity contribution is 0.0802. The molecule has 0 heterocycles. The molecule has 0 aromatic heterocycles. The van der Waals surface area contributed by atoms with Crippen LogP contribution in [0, 0.1) is 11.3 Å². The van der Waals surface area contributed by atoms with Crippen molar-refractivity contribution in [2.75, 3.05) is 13.6 Å². The first-order valence-corrected chi connectivity index (χ1v) is 4.44. The molecular formula is C11H12N2O. The minimum absolute atomic E-state index is 0.0167. The molecule has 1 aromatic rings. The molecule has 1 amide bonds. The van der Waals surface area contributed by atoms with Gasteiger partial charge in [0, 0.05) is 19.2 Å². The van der Waals surface area contributed by atoms with Gasteiger partial charge in [0.15, 0.2) is 0 Å². The maximum Gasteiger partial charge on any atom is 0.253 e. The molecule has 0 aliphatic heterocycles. The number of nitrogens with zero attached hydrogens (tertiary/aromatic N) is 2. The molecule has 0 saturated heterocycles. The molecule has 0 fully saturated rings. The van der Waals surface area contributed by atoms with Gasteiger partial charge >= 0.3 is 0 Å². The Morgan fingerprint density at radius 2 is 2.00 bits per heavy atom. The van der Waals surface area contributed by atoms with Crippen molar-refractivity contribution < 1.29 is 4.79 Å². The SMILES string of the molecule is CCN(C)C(=O)c1ccc(C#N)cc1. The van der Waals surface area contributed by atoms with Gasteiger partial charge in [-0.05, 0) is 31.2 Å². The number of rotatable bonds is 2. The summed E-state index contributed by atoms with van der Waals surface area (Å²) < 4.78 is 0. The molecule has 72 valence electrons. The van der Waals surface area contributed by atoms with Crippen LogP contribution in [0.25, 0.3) is 0 Å². The number of hydrogen-bond donors (Lipinski definition) is 0. The molecule has 1 aromatic carbocycles. The number of carbonyl (C=O) groups excluding carboxylic acids is 1. The standard InChI is InChI=1S/C11H12N2O/c1-3-13(2)11(14)10-6-4-9(8-12)5-7-10/h4-7H,3H2,1-2H3. The van der Waals surface area contributed by atoms with E-state index in [9.17, 15) is 4.79 Å². The van der Waals surface area contributed by atoms with Gasteiger partial charge in [-0.2, -0.15) is 5.26 Å². The fourth-order valence-electron chi connectivity index (χ4n) is 1.05. The summed E-state index contributed by atoms with van der Waals surface area (Å²) in [7, 11) is 1.75. The summed E-state index contributed by atoms with van der Waals surface area (Å²) in [5.74, 6) is -0.0167. The van der Waals surface area contributed by atoms with E-state index < -0.39 is 0 Å². The van der Waals surface area contributed by atoms with Crippen LogP contribution in [-0.2, 0) is 0 Å². The quantitative estimate of drug-likeness (QED) is 0.708. The van der Waals surface area contributed by atoms with Crippen LogP contribution in [0.3, 0.4) is 0 Å². The average Bonchev–Trinajstić information content (AvgIpc) is 2.27. The molecule has 14 heavy (non-hydrogen) atoms. The van der Waals surface area contributed by atoms with Gasteiger partial charge in [0.05, 0.1) is 11.6 Å². The number of benzene rings is 1. The van der Waals surface area contributed by atoms with E-state index in [1.807, 2.05) is 13.0 Å². The molecule has 0 atom stereocenters. The lowest BCUT2D eigenvalue weighted by atomic mass is 10.1. The van der Waals surface area contributed by atoms with Crippen LogP contribution in [0.2, 0.25) is 0 Å². The molecule has 0 bridgehead atoms. The Labute approximate surface area is 83.6 Å². The Morgan fingerprint density at radius 1 is 1.43 bits per heavy atom. The Kier molecular flexibility index (Phi) is 3.24. The highest BCUT2D eigenvalue weighted by Gasteiger charge is 2.08. The average molecular weight is 188 g/mol. The smallest absolute Gasteiger partial charge is 0.253 e. The van der Waals surface area contributed by atoms with Crippen molar-refractivity contribution in [3.05, 3.63) is 35.4 Å². The Bertz CT molecular complexity index is 362. The van der Waals surface area contributed by atoms with E-state index in [0.29, 0.717) is 17.7 Å². The first kappa shape index (κ1) is 10.3. The maximum atomic E-state index is 11.6. The summed E-state index contributed by atoms with van der Waals surface area (Å²) in [6.07, 6.45) is 0. The van der Waals surface area contributed by atoms with Gasteiger partial charge in [-0.3, -0.25) is 4.79 Å². The molecule has 0 aliphatic carbocycles. The molecule has 0 N–H and O–H groups in total. The van der Waals surface area contributed by atoms with Gasteiger partial charge < -0.3 is 4.90 Å². The molecule has 0 unspecified atom stereocenters. The van der Waals surface area contributed by atoms with E-state index in [-0.39, 0.29) is 5.91 Å². The van der Waals surface area contributed by atoms with E-state index >= 15 is 0 Å². The Hall–Kier alpha value is -1.82. The molecule has 0 radical (unpaired) electrons. The minimum atomic E-state index is -0.0167. The number of nitriles is 1. The molecule has 0 spiro atoms. The van der Waals surface area contributed by atoms with Gasteiger partial charge in [-0.15, -0.1) is 0 Å². The summed E-state index contributed by atoms with van der Waals surface area (Å²) in [4.78, 5) is 13.2. The van der Waals surface area contributed by atoms with Crippen molar-refractivity contribution in [3.8, 4) is 6.07 Å². The third kappa shape index (κ3) is 2.11. The van der Waals surface area contributed by atoms with Crippen molar-refractivity contribution >= 4 is 5.91 Å². The molecule has 0 saturated carbocycles. The van der Waals surface area contributed by atoms with Crippen molar-refractivity contribution in [1.82, 2.24) is 4.90 Å². The molecule has 3 heteroatoms. The van der Waals surface area contributed by atoms with Crippen LogP contribution in [0.1, 0.15) is 22.8 Å². The monoisotopic (exact) mass is 188 g/mol. The summed E-state index contributed by atoms with van der Waals surface area (Å²) in [6.45, 7) is 2.60. The lowest BCUT2D eigenvalue weighted by Gasteiger charge is -2.13. The van der Waals surface area contributed by atoms with Gasteiger partial charge in [0.1, 0.15) is 0 Å². The van der Waals surface area contributed by atoms with Crippen LogP contribution < -0.4 is 0 Å². The van der Waals surface area contributed by atoms with E-state index in [2.05, 4.69) is 0 Å². The minimum Gasteiger partial charge on any atom is -0.342 e. The van der Waals surface area contributed by atoms with E-state index in [4.69, 9.17) is 5.26 Å². The van der Waals surface area contributed by atoms with Crippen LogP contribution in [0.4, 0.5) is 0 Å². The highest BCUT2D eigenvalue weighted by Crippen LogP contribution is 2.05. The molecular weight excluding hydrogens is 176 g/mol. The highest BCUT2D eigenvalue weighted by molar-refractivity contribution is 5.94. The van der Waals surface area contributed by atoms with E-state index in [1.165, 1.54) is 0 Å². The summed E-state index contributed by atoms with van der Waals surface area (Å²) in [5.41, 5.74) is 1.19.